The Balaban J connectivity index is 2.55. The molecule has 0 saturated carbocycles. The third-order valence-corrected chi connectivity index (χ3v) is 2.71. The van der Waals surface area contributed by atoms with Gasteiger partial charge in [0.05, 0.1) is 0 Å². The van der Waals surface area contributed by atoms with Crippen LogP contribution >= 0.6 is 11.3 Å². The maximum atomic E-state index is 10.7. The molecule has 0 aliphatic heterocycles. The number of carbonyl (C=O) groups is 1. The smallest absolute Gasteiger partial charge is 0.152 e. The van der Waals surface area contributed by atoms with Crippen LogP contribution in [0.25, 0.3) is 10.7 Å². The predicted molar refractivity (Wildman–Crippen MR) is 55.5 cm³/mol. The number of hydrogen-bond donors (Lipinski definition) is 0. The van der Waals surface area contributed by atoms with Crippen molar-refractivity contribution >= 4 is 17.6 Å². The summed E-state index contributed by atoms with van der Waals surface area (Å²) in [4.78, 5) is 20.2. The van der Waals surface area contributed by atoms with Crippen molar-refractivity contribution in [3.8, 4) is 10.7 Å². The highest BCUT2D eigenvalue weighted by molar-refractivity contribution is 7.14. The monoisotopic (exact) mass is 204 g/mol. The summed E-state index contributed by atoms with van der Waals surface area (Å²) in [7, 11) is 0. The molecule has 2 aromatic heterocycles. The number of aromatic nitrogens is 2. The van der Waals surface area contributed by atoms with E-state index in [-0.39, 0.29) is 0 Å². The van der Waals surface area contributed by atoms with Gasteiger partial charge >= 0.3 is 0 Å². The topological polar surface area (TPSA) is 42.9 Å². The highest BCUT2D eigenvalue weighted by Crippen LogP contribution is 2.24. The minimum atomic E-state index is 0.585. The average molecular weight is 204 g/mol. The molecule has 0 aromatic carbocycles. The Hall–Kier alpha value is -1.55. The van der Waals surface area contributed by atoms with E-state index in [1.807, 2.05) is 6.92 Å². The third kappa shape index (κ3) is 1.56. The summed E-state index contributed by atoms with van der Waals surface area (Å²) in [6.07, 6.45) is 4.25. The number of pyridine rings is 1. The molecule has 14 heavy (non-hydrogen) atoms. The van der Waals surface area contributed by atoms with Gasteiger partial charge in [0, 0.05) is 22.8 Å². The Morgan fingerprint density at radius 3 is 2.93 bits per heavy atom. The molecule has 0 amide bonds. The summed E-state index contributed by atoms with van der Waals surface area (Å²) < 4.78 is 0. The first-order valence-electron chi connectivity index (χ1n) is 4.14. The van der Waals surface area contributed by atoms with Gasteiger partial charge in [-0.1, -0.05) is 0 Å². The first-order valence-corrected chi connectivity index (χ1v) is 4.96. The Morgan fingerprint density at radius 1 is 1.43 bits per heavy atom. The lowest BCUT2D eigenvalue weighted by Gasteiger charge is -1.97. The van der Waals surface area contributed by atoms with Gasteiger partial charge in [-0.15, -0.1) is 11.3 Å². The summed E-state index contributed by atoms with van der Waals surface area (Å²) in [5, 5.41) is 0.796. The lowest BCUT2D eigenvalue weighted by Crippen LogP contribution is -1.89. The molecule has 4 heteroatoms. The molecule has 70 valence electrons. The van der Waals surface area contributed by atoms with Crippen LogP contribution < -0.4 is 0 Å². The molecule has 2 heterocycles. The Kier molecular flexibility index (Phi) is 2.37. The molecule has 0 spiro atoms. The van der Waals surface area contributed by atoms with Gasteiger partial charge in [-0.3, -0.25) is 9.78 Å². The summed E-state index contributed by atoms with van der Waals surface area (Å²) in [5.41, 5.74) is 1.25. The Bertz CT molecular complexity index is 465. The van der Waals surface area contributed by atoms with E-state index >= 15 is 0 Å². The quantitative estimate of drug-likeness (QED) is 0.705. The van der Waals surface area contributed by atoms with E-state index in [1.165, 1.54) is 11.3 Å². The molecular weight excluding hydrogens is 196 g/mol. The second-order valence-corrected chi connectivity index (χ2v) is 4.07. The first kappa shape index (κ1) is 9.02. The van der Waals surface area contributed by atoms with Crippen molar-refractivity contribution in [3.63, 3.8) is 0 Å². The van der Waals surface area contributed by atoms with Crippen molar-refractivity contribution in [3.05, 3.63) is 35.0 Å². The highest BCUT2D eigenvalue weighted by Gasteiger charge is 2.08. The van der Waals surface area contributed by atoms with E-state index in [0.29, 0.717) is 11.3 Å². The molecule has 0 fully saturated rings. The standard InChI is InChI=1S/C10H8N2OS/c1-7-5-12-10(14-7)9-8(6-13)3-2-4-11-9/h2-6H,1H3. The molecular formula is C10H8N2OS. The number of aryl methyl sites for hydroxylation is 1. The van der Waals surface area contributed by atoms with Crippen LogP contribution in [0.5, 0.6) is 0 Å². The fourth-order valence-corrected chi connectivity index (χ4v) is 1.94. The van der Waals surface area contributed by atoms with Gasteiger partial charge in [0.25, 0.3) is 0 Å². The molecule has 0 atom stereocenters. The van der Waals surface area contributed by atoms with Crippen LogP contribution in [-0.4, -0.2) is 16.3 Å². The molecule has 0 aliphatic rings. The van der Waals surface area contributed by atoms with Gasteiger partial charge in [0.1, 0.15) is 10.7 Å². The van der Waals surface area contributed by atoms with Crippen molar-refractivity contribution in [1.82, 2.24) is 9.97 Å². The highest BCUT2D eigenvalue weighted by atomic mass is 32.1. The zero-order valence-electron chi connectivity index (χ0n) is 7.60. The van der Waals surface area contributed by atoms with Crippen molar-refractivity contribution in [2.75, 3.05) is 0 Å². The van der Waals surface area contributed by atoms with Crippen LogP contribution in [0.15, 0.2) is 24.5 Å². The second-order valence-electron chi connectivity index (χ2n) is 2.84. The molecule has 0 aliphatic carbocycles. The predicted octanol–water partition coefficient (Wildman–Crippen LogP) is 2.33. The number of thiazole rings is 1. The number of carbonyl (C=O) groups excluding carboxylic acids is 1. The van der Waals surface area contributed by atoms with Crippen LogP contribution in [0.2, 0.25) is 0 Å². The lowest BCUT2D eigenvalue weighted by atomic mass is 10.2. The second kappa shape index (κ2) is 3.67. The van der Waals surface area contributed by atoms with Crippen molar-refractivity contribution in [2.45, 2.75) is 6.92 Å². The molecule has 2 rings (SSSR count). The number of nitrogens with zero attached hydrogens (tertiary/aromatic N) is 2. The summed E-state index contributed by atoms with van der Waals surface area (Å²) >= 11 is 1.54. The fourth-order valence-electron chi connectivity index (χ4n) is 1.16. The maximum Gasteiger partial charge on any atom is 0.152 e. The van der Waals surface area contributed by atoms with Crippen molar-refractivity contribution < 1.29 is 4.79 Å². The Morgan fingerprint density at radius 2 is 2.29 bits per heavy atom. The number of hydrogen-bond acceptors (Lipinski definition) is 4. The molecule has 0 unspecified atom stereocenters. The van der Waals surface area contributed by atoms with E-state index in [1.54, 1.807) is 24.5 Å². The van der Waals surface area contributed by atoms with E-state index in [2.05, 4.69) is 9.97 Å². The third-order valence-electron chi connectivity index (χ3n) is 1.79. The average Bonchev–Trinajstić information content (AvgIpc) is 2.65. The van der Waals surface area contributed by atoms with Gasteiger partial charge in [0.15, 0.2) is 6.29 Å². The molecule has 0 bridgehead atoms. The zero-order valence-corrected chi connectivity index (χ0v) is 8.41. The first-order chi connectivity index (χ1) is 6.81. The van der Waals surface area contributed by atoms with Gasteiger partial charge < -0.3 is 0 Å². The molecule has 3 nitrogen and oxygen atoms in total. The zero-order chi connectivity index (χ0) is 9.97. The van der Waals surface area contributed by atoms with Crippen molar-refractivity contribution in [1.29, 1.82) is 0 Å². The maximum absolute atomic E-state index is 10.7. The van der Waals surface area contributed by atoms with Crippen LogP contribution in [0.1, 0.15) is 15.2 Å². The number of aldehydes is 1. The normalized spacial score (nSPS) is 10.1. The summed E-state index contributed by atoms with van der Waals surface area (Å²) in [6, 6.07) is 3.49. The van der Waals surface area contributed by atoms with Gasteiger partial charge in [-0.2, -0.15) is 0 Å². The van der Waals surface area contributed by atoms with E-state index in [0.717, 1.165) is 16.2 Å². The van der Waals surface area contributed by atoms with E-state index in [9.17, 15) is 4.79 Å². The molecule has 2 aromatic rings. The minimum absolute atomic E-state index is 0.585. The van der Waals surface area contributed by atoms with Gasteiger partial charge in [-0.25, -0.2) is 4.98 Å². The minimum Gasteiger partial charge on any atom is -0.298 e. The summed E-state index contributed by atoms with van der Waals surface area (Å²) in [5.74, 6) is 0. The SMILES string of the molecule is Cc1cnc(-c2ncccc2C=O)s1. The van der Waals surface area contributed by atoms with E-state index in [4.69, 9.17) is 0 Å². The molecule has 0 saturated heterocycles. The van der Waals surface area contributed by atoms with Gasteiger partial charge in [0.2, 0.25) is 0 Å². The van der Waals surface area contributed by atoms with Crippen LogP contribution in [0.3, 0.4) is 0 Å². The van der Waals surface area contributed by atoms with Crippen LogP contribution in [0.4, 0.5) is 0 Å². The number of rotatable bonds is 2. The van der Waals surface area contributed by atoms with E-state index < -0.39 is 0 Å². The van der Waals surface area contributed by atoms with Crippen molar-refractivity contribution in [2.24, 2.45) is 0 Å². The molecule has 0 N–H and O–H groups in total. The Labute approximate surface area is 85.5 Å². The fraction of sp³-hybridized carbons (Fsp3) is 0.100. The molecule has 0 radical (unpaired) electrons. The van der Waals surface area contributed by atoms with Crippen LogP contribution in [-0.2, 0) is 0 Å². The van der Waals surface area contributed by atoms with Crippen LogP contribution in [0, 0.1) is 6.92 Å². The van der Waals surface area contributed by atoms with Gasteiger partial charge in [-0.05, 0) is 19.1 Å². The summed E-state index contributed by atoms with van der Waals surface area (Å²) in [6.45, 7) is 1.98. The largest absolute Gasteiger partial charge is 0.298 e. The lowest BCUT2D eigenvalue weighted by molar-refractivity contribution is 0.112.